The summed E-state index contributed by atoms with van der Waals surface area (Å²) in [5.41, 5.74) is -1.20. The molecule has 2 aromatic rings. The summed E-state index contributed by atoms with van der Waals surface area (Å²) in [4.78, 5) is 16.3. The maximum Gasteiger partial charge on any atom is 0.431 e. The monoisotopic (exact) mass is 477 g/mol. The van der Waals surface area contributed by atoms with Gasteiger partial charge in [0.1, 0.15) is 16.1 Å². The van der Waals surface area contributed by atoms with E-state index in [1.807, 2.05) is 0 Å². The quantitative estimate of drug-likeness (QED) is 0.341. The SMILES string of the molecule is CC1(C)[C@H](C=C(Cl)Cl)[C@@H]1C(=O)OC(c1cccc(Oc2ccc(F)cc2)n1)C(F)(F)F. The second-order valence-corrected chi connectivity index (χ2v) is 8.60. The zero-order valence-electron chi connectivity index (χ0n) is 16.3. The fourth-order valence-electron chi connectivity index (χ4n) is 3.32. The molecule has 0 radical (unpaired) electrons. The van der Waals surface area contributed by atoms with Gasteiger partial charge in [-0.05, 0) is 47.7 Å². The van der Waals surface area contributed by atoms with E-state index in [4.69, 9.17) is 32.7 Å². The molecule has 1 aliphatic carbocycles. The third-order valence-corrected chi connectivity index (χ3v) is 5.30. The molecule has 3 atom stereocenters. The van der Waals surface area contributed by atoms with Gasteiger partial charge in [0.25, 0.3) is 0 Å². The van der Waals surface area contributed by atoms with Crippen LogP contribution in [0.1, 0.15) is 25.6 Å². The highest BCUT2D eigenvalue weighted by atomic mass is 35.5. The molecule has 0 amide bonds. The molecule has 166 valence electrons. The number of benzene rings is 1. The van der Waals surface area contributed by atoms with E-state index in [1.165, 1.54) is 30.3 Å². The number of carbonyl (C=O) groups is 1. The van der Waals surface area contributed by atoms with Gasteiger partial charge < -0.3 is 9.47 Å². The summed E-state index contributed by atoms with van der Waals surface area (Å²) in [6.07, 6.45) is -6.09. The fraction of sp³-hybridized carbons (Fsp3) is 0.333. The van der Waals surface area contributed by atoms with E-state index in [2.05, 4.69) is 4.98 Å². The summed E-state index contributed by atoms with van der Waals surface area (Å²) in [5, 5.41) is 0. The molecule has 10 heteroatoms. The number of aromatic nitrogens is 1. The van der Waals surface area contributed by atoms with Crippen molar-refractivity contribution in [1.29, 1.82) is 0 Å². The predicted octanol–water partition coefficient (Wildman–Crippen LogP) is 6.75. The van der Waals surface area contributed by atoms with E-state index in [-0.39, 0.29) is 16.1 Å². The highest BCUT2D eigenvalue weighted by molar-refractivity contribution is 6.55. The Bertz CT molecular complexity index is 989. The molecular weight excluding hydrogens is 461 g/mol. The van der Waals surface area contributed by atoms with Crippen molar-refractivity contribution < 1.29 is 31.8 Å². The topological polar surface area (TPSA) is 48.4 Å². The van der Waals surface area contributed by atoms with Gasteiger partial charge in [0.2, 0.25) is 12.0 Å². The number of hydrogen-bond donors (Lipinski definition) is 0. The zero-order valence-corrected chi connectivity index (χ0v) is 17.8. The fourth-order valence-corrected chi connectivity index (χ4v) is 3.59. The molecule has 1 fully saturated rings. The molecule has 0 N–H and O–H groups in total. The molecule has 0 spiro atoms. The molecule has 0 bridgehead atoms. The molecule has 1 aromatic heterocycles. The third-order valence-electron chi connectivity index (χ3n) is 5.05. The summed E-state index contributed by atoms with van der Waals surface area (Å²) >= 11 is 11.3. The molecule has 4 nitrogen and oxygen atoms in total. The van der Waals surface area contributed by atoms with Crippen LogP contribution in [0.3, 0.4) is 0 Å². The molecule has 1 heterocycles. The van der Waals surface area contributed by atoms with Crippen molar-refractivity contribution in [3.05, 3.63) is 64.5 Å². The van der Waals surface area contributed by atoms with Crippen LogP contribution in [0.4, 0.5) is 17.6 Å². The average Bonchev–Trinajstić information content (AvgIpc) is 3.20. The first kappa shape index (κ1) is 23.3. The van der Waals surface area contributed by atoms with Crippen LogP contribution in [-0.2, 0) is 9.53 Å². The summed E-state index contributed by atoms with van der Waals surface area (Å²) in [5.74, 6) is -2.79. The van der Waals surface area contributed by atoms with Crippen molar-refractivity contribution in [3.8, 4) is 11.6 Å². The number of hydrogen-bond acceptors (Lipinski definition) is 4. The van der Waals surface area contributed by atoms with Crippen LogP contribution in [-0.4, -0.2) is 17.1 Å². The Labute approximate surface area is 185 Å². The van der Waals surface area contributed by atoms with Gasteiger partial charge in [-0.1, -0.05) is 43.1 Å². The second-order valence-electron chi connectivity index (χ2n) is 7.60. The zero-order chi connectivity index (χ0) is 23.0. The summed E-state index contributed by atoms with van der Waals surface area (Å²) in [6, 6.07) is 8.56. The van der Waals surface area contributed by atoms with Gasteiger partial charge in [-0.2, -0.15) is 13.2 Å². The summed E-state index contributed by atoms with van der Waals surface area (Å²) < 4.78 is 64.2. The molecule has 0 saturated heterocycles. The highest BCUT2D eigenvalue weighted by Gasteiger charge is 2.62. The molecule has 1 unspecified atom stereocenters. The van der Waals surface area contributed by atoms with Crippen molar-refractivity contribution in [2.24, 2.45) is 17.3 Å². The molecule has 0 aliphatic heterocycles. The lowest BCUT2D eigenvalue weighted by Gasteiger charge is -2.21. The molecule has 3 rings (SSSR count). The number of nitrogens with zero attached hydrogens (tertiary/aromatic N) is 1. The van der Waals surface area contributed by atoms with Gasteiger partial charge in [-0.25, -0.2) is 9.37 Å². The number of pyridine rings is 1. The van der Waals surface area contributed by atoms with Gasteiger partial charge in [0, 0.05) is 6.07 Å². The molecule has 1 aromatic carbocycles. The number of esters is 1. The lowest BCUT2D eigenvalue weighted by atomic mass is 10.1. The number of allylic oxidation sites excluding steroid dienone is 1. The minimum absolute atomic E-state index is 0.0759. The van der Waals surface area contributed by atoms with Crippen LogP contribution in [0.25, 0.3) is 0 Å². The number of alkyl halides is 3. The van der Waals surface area contributed by atoms with Crippen molar-refractivity contribution >= 4 is 29.2 Å². The Morgan fingerprint density at radius 2 is 1.81 bits per heavy atom. The normalized spacial score (nSPS) is 20.5. The standard InChI is InChI=1S/C21H17Cl2F4NO3/c1-20(2)13(10-15(22)23)17(20)19(29)31-18(21(25,26)27)14-4-3-5-16(28-14)30-12-8-6-11(24)7-9-12/h3-10,13,17-18H,1-2H3/t13-,17-,18?/m1/s1. The van der Waals surface area contributed by atoms with Crippen LogP contribution >= 0.6 is 23.2 Å². The lowest BCUT2D eigenvalue weighted by Crippen LogP contribution is -2.28. The number of rotatable bonds is 6. The molecule has 1 aliphatic rings. The average molecular weight is 478 g/mol. The van der Waals surface area contributed by atoms with Gasteiger partial charge in [-0.3, -0.25) is 4.79 Å². The number of carbonyl (C=O) groups excluding carboxylic acids is 1. The highest BCUT2D eigenvalue weighted by Crippen LogP contribution is 2.60. The van der Waals surface area contributed by atoms with Gasteiger partial charge in [0.15, 0.2) is 0 Å². The van der Waals surface area contributed by atoms with E-state index in [1.54, 1.807) is 13.8 Å². The van der Waals surface area contributed by atoms with Gasteiger partial charge in [0.05, 0.1) is 11.6 Å². The van der Waals surface area contributed by atoms with E-state index in [0.717, 1.165) is 18.2 Å². The summed E-state index contributed by atoms with van der Waals surface area (Å²) in [7, 11) is 0. The molecule has 1 saturated carbocycles. The molecule has 31 heavy (non-hydrogen) atoms. The van der Waals surface area contributed by atoms with Gasteiger partial charge in [-0.15, -0.1) is 0 Å². The van der Waals surface area contributed by atoms with E-state index >= 15 is 0 Å². The maximum atomic E-state index is 13.7. The largest absolute Gasteiger partial charge is 0.446 e. The number of ether oxygens (including phenoxy) is 2. The second kappa shape index (κ2) is 8.67. The Hall–Kier alpha value is -2.32. The smallest absolute Gasteiger partial charge is 0.431 e. The first-order valence-electron chi connectivity index (χ1n) is 9.10. The lowest BCUT2D eigenvalue weighted by molar-refractivity contribution is -0.226. The van der Waals surface area contributed by atoms with Crippen LogP contribution in [0.15, 0.2) is 53.0 Å². The van der Waals surface area contributed by atoms with Crippen LogP contribution in [0, 0.1) is 23.1 Å². The Balaban J connectivity index is 1.81. The number of halogens is 6. The summed E-state index contributed by atoms with van der Waals surface area (Å²) in [6.45, 7) is 3.41. The van der Waals surface area contributed by atoms with Crippen molar-refractivity contribution in [3.63, 3.8) is 0 Å². The van der Waals surface area contributed by atoms with Crippen LogP contribution in [0.2, 0.25) is 0 Å². The Kier molecular flexibility index (Phi) is 6.53. The van der Waals surface area contributed by atoms with Crippen molar-refractivity contribution in [1.82, 2.24) is 4.98 Å². The Morgan fingerprint density at radius 1 is 1.16 bits per heavy atom. The van der Waals surface area contributed by atoms with Crippen molar-refractivity contribution in [2.45, 2.75) is 26.1 Å². The first-order valence-corrected chi connectivity index (χ1v) is 9.85. The van der Waals surface area contributed by atoms with Crippen LogP contribution in [0.5, 0.6) is 11.6 Å². The third kappa shape index (κ3) is 5.49. The van der Waals surface area contributed by atoms with E-state index < -0.39 is 47.0 Å². The minimum Gasteiger partial charge on any atom is -0.446 e. The maximum absolute atomic E-state index is 13.7. The Morgan fingerprint density at radius 3 is 2.39 bits per heavy atom. The van der Waals surface area contributed by atoms with Crippen molar-refractivity contribution in [2.75, 3.05) is 0 Å². The van der Waals surface area contributed by atoms with E-state index in [0.29, 0.717) is 0 Å². The van der Waals surface area contributed by atoms with Gasteiger partial charge >= 0.3 is 12.1 Å². The minimum atomic E-state index is -4.91. The van der Waals surface area contributed by atoms with Crippen LogP contribution < -0.4 is 4.74 Å². The first-order chi connectivity index (χ1) is 14.4. The van der Waals surface area contributed by atoms with E-state index in [9.17, 15) is 22.4 Å². The predicted molar refractivity (Wildman–Crippen MR) is 106 cm³/mol. The molecular formula is C21H17Cl2F4NO3.